The number of anilines is 1. The van der Waals surface area contributed by atoms with Gasteiger partial charge in [0.25, 0.3) is 11.8 Å². The van der Waals surface area contributed by atoms with Crippen LogP contribution >= 0.6 is 0 Å². The molecule has 0 fully saturated rings. The van der Waals surface area contributed by atoms with E-state index in [0.29, 0.717) is 37.4 Å². The number of hydrogen-bond donors (Lipinski definition) is 1. The molecule has 1 heterocycles. The largest absolute Gasteiger partial charge is 0.381 e. The minimum atomic E-state index is -0.278. The Morgan fingerprint density at radius 1 is 0.906 bits per heavy atom. The molecule has 0 aliphatic carbocycles. The molecule has 170 valence electrons. The highest BCUT2D eigenvalue weighted by Crippen LogP contribution is 2.33. The van der Waals surface area contributed by atoms with Crippen molar-refractivity contribution in [3.05, 3.63) is 69.9 Å². The van der Waals surface area contributed by atoms with Gasteiger partial charge < -0.3 is 10.1 Å². The number of nitrogens with zero attached hydrogens (tertiary/aromatic N) is 1. The predicted octanol–water partition coefficient (Wildman–Crippen LogP) is 5.32. The quantitative estimate of drug-likeness (QED) is 0.406. The fourth-order valence-electron chi connectivity index (χ4n) is 3.93. The molecule has 0 bridgehead atoms. The van der Waals surface area contributed by atoms with Crippen LogP contribution < -0.4 is 5.32 Å². The van der Waals surface area contributed by atoms with Crippen LogP contribution in [-0.2, 0) is 14.3 Å². The molecular weight excluding hydrogens is 400 g/mol. The second-order valence-corrected chi connectivity index (χ2v) is 8.52. The summed E-state index contributed by atoms with van der Waals surface area (Å²) in [5, 5.41) is 3.31. The van der Waals surface area contributed by atoms with Crippen molar-refractivity contribution in [2.24, 2.45) is 0 Å². The lowest BCUT2D eigenvalue weighted by molar-refractivity contribution is -0.137. The van der Waals surface area contributed by atoms with Crippen molar-refractivity contribution >= 4 is 23.1 Å². The zero-order valence-corrected chi connectivity index (χ0v) is 19.9. The Hall–Kier alpha value is -2.92. The van der Waals surface area contributed by atoms with Gasteiger partial charge in [-0.25, -0.2) is 0 Å². The lowest BCUT2D eigenvalue weighted by atomic mass is 9.97. The summed E-state index contributed by atoms with van der Waals surface area (Å²) in [5.74, 6) is -0.525. The number of aryl methyl sites for hydroxylation is 3. The van der Waals surface area contributed by atoms with Crippen molar-refractivity contribution in [3.8, 4) is 0 Å². The number of amides is 2. The summed E-state index contributed by atoms with van der Waals surface area (Å²) >= 11 is 0. The third-order valence-electron chi connectivity index (χ3n) is 6.00. The standard InChI is InChI=1S/C27H34N2O3/c1-6-7-15-32-16-9-14-29-26(30)24(22-13-12-18(2)17-20(22)4)25(27(29)31)28-23-11-8-10-19(3)21(23)5/h8,10-13,17,28H,6-7,9,14-16H2,1-5H3. The van der Waals surface area contributed by atoms with E-state index in [4.69, 9.17) is 4.74 Å². The van der Waals surface area contributed by atoms with Gasteiger partial charge in [0.15, 0.2) is 0 Å². The van der Waals surface area contributed by atoms with Gasteiger partial charge in [0, 0.05) is 25.4 Å². The SMILES string of the molecule is CCCCOCCCN1C(=O)C(Nc2cccc(C)c2C)=C(c2ccc(C)cc2C)C1=O. The summed E-state index contributed by atoms with van der Waals surface area (Å²) in [6.07, 6.45) is 2.72. The minimum Gasteiger partial charge on any atom is -0.381 e. The van der Waals surface area contributed by atoms with Crippen LogP contribution in [-0.4, -0.2) is 36.5 Å². The number of nitrogens with one attached hydrogen (secondary N) is 1. The summed E-state index contributed by atoms with van der Waals surface area (Å²) in [4.78, 5) is 28.2. The van der Waals surface area contributed by atoms with E-state index in [0.717, 1.165) is 46.3 Å². The molecule has 0 spiro atoms. The number of benzene rings is 2. The molecule has 2 aromatic carbocycles. The molecule has 32 heavy (non-hydrogen) atoms. The van der Waals surface area contributed by atoms with Gasteiger partial charge >= 0.3 is 0 Å². The minimum absolute atomic E-state index is 0.247. The lowest BCUT2D eigenvalue weighted by Gasteiger charge is -2.16. The molecule has 5 heteroatoms. The maximum absolute atomic E-state index is 13.4. The zero-order valence-electron chi connectivity index (χ0n) is 19.9. The van der Waals surface area contributed by atoms with Gasteiger partial charge in [-0.2, -0.15) is 0 Å². The highest BCUT2D eigenvalue weighted by atomic mass is 16.5. The number of unbranched alkanes of at least 4 members (excludes halogenated alkanes) is 1. The Morgan fingerprint density at radius 3 is 2.38 bits per heavy atom. The van der Waals surface area contributed by atoms with E-state index in [1.807, 2.05) is 64.1 Å². The van der Waals surface area contributed by atoms with Crippen molar-refractivity contribution in [2.75, 3.05) is 25.1 Å². The maximum Gasteiger partial charge on any atom is 0.278 e. The molecule has 2 amide bonds. The smallest absolute Gasteiger partial charge is 0.278 e. The van der Waals surface area contributed by atoms with E-state index in [-0.39, 0.29) is 11.8 Å². The van der Waals surface area contributed by atoms with Crippen LogP contribution in [0, 0.1) is 27.7 Å². The van der Waals surface area contributed by atoms with Gasteiger partial charge in [-0.15, -0.1) is 0 Å². The van der Waals surface area contributed by atoms with Crippen LogP contribution in [0.2, 0.25) is 0 Å². The first-order chi connectivity index (χ1) is 15.3. The maximum atomic E-state index is 13.4. The number of carbonyl (C=O) groups is 2. The van der Waals surface area contributed by atoms with Gasteiger partial charge in [-0.3, -0.25) is 14.5 Å². The topological polar surface area (TPSA) is 58.6 Å². The third-order valence-corrected chi connectivity index (χ3v) is 6.00. The van der Waals surface area contributed by atoms with Crippen molar-refractivity contribution in [2.45, 2.75) is 53.9 Å². The average Bonchev–Trinajstić information content (AvgIpc) is 2.98. The van der Waals surface area contributed by atoms with Gasteiger partial charge in [0.1, 0.15) is 5.70 Å². The number of ether oxygens (including phenoxy) is 1. The Bertz CT molecular complexity index is 1040. The molecule has 0 radical (unpaired) electrons. The summed E-state index contributed by atoms with van der Waals surface area (Å²) in [6, 6.07) is 11.9. The van der Waals surface area contributed by atoms with Crippen molar-refractivity contribution in [3.63, 3.8) is 0 Å². The predicted molar refractivity (Wildman–Crippen MR) is 129 cm³/mol. The molecule has 1 aliphatic heterocycles. The number of carbonyl (C=O) groups excluding carboxylic acids is 2. The van der Waals surface area contributed by atoms with Crippen LogP contribution in [0.25, 0.3) is 5.57 Å². The molecule has 5 nitrogen and oxygen atoms in total. The highest BCUT2D eigenvalue weighted by molar-refractivity contribution is 6.36. The Morgan fingerprint density at radius 2 is 1.66 bits per heavy atom. The van der Waals surface area contributed by atoms with E-state index in [9.17, 15) is 9.59 Å². The molecule has 2 aromatic rings. The lowest BCUT2D eigenvalue weighted by Crippen LogP contribution is -2.34. The Kier molecular flexibility index (Phi) is 7.86. The molecule has 0 saturated carbocycles. The number of hydrogen-bond acceptors (Lipinski definition) is 4. The van der Waals surface area contributed by atoms with Crippen molar-refractivity contribution in [1.29, 1.82) is 0 Å². The van der Waals surface area contributed by atoms with E-state index in [2.05, 4.69) is 12.2 Å². The molecule has 3 rings (SSSR count). The van der Waals surface area contributed by atoms with Crippen LogP contribution in [0.15, 0.2) is 42.1 Å². The third kappa shape index (κ3) is 5.10. The first-order valence-electron chi connectivity index (χ1n) is 11.4. The number of rotatable bonds is 10. The monoisotopic (exact) mass is 434 g/mol. The Labute approximate surface area is 191 Å². The van der Waals surface area contributed by atoms with Crippen LogP contribution in [0.5, 0.6) is 0 Å². The summed E-state index contributed by atoms with van der Waals surface area (Å²) < 4.78 is 5.62. The zero-order chi connectivity index (χ0) is 23.3. The van der Waals surface area contributed by atoms with Crippen LogP contribution in [0.4, 0.5) is 5.69 Å². The van der Waals surface area contributed by atoms with Gasteiger partial charge in [-0.05, 0) is 68.9 Å². The van der Waals surface area contributed by atoms with Gasteiger partial charge in [-0.1, -0.05) is 49.2 Å². The van der Waals surface area contributed by atoms with Gasteiger partial charge in [0.2, 0.25) is 0 Å². The van der Waals surface area contributed by atoms with Crippen LogP contribution in [0.1, 0.15) is 54.0 Å². The van der Waals surface area contributed by atoms with E-state index < -0.39 is 0 Å². The second kappa shape index (κ2) is 10.6. The van der Waals surface area contributed by atoms with E-state index >= 15 is 0 Å². The fraction of sp³-hybridized carbons (Fsp3) is 0.407. The van der Waals surface area contributed by atoms with E-state index in [1.165, 1.54) is 4.90 Å². The average molecular weight is 435 g/mol. The molecule has 0 aromatic heterocycles. The van der Waals surface area contributed by atoms with Crippen molar-refractivity contribution in [1.82, 2.24) is 4.90 Å². The molecular formula is C27H34N2O3. The molecule has 0 saturated heterocycles. The van der Waals surface area contributed by atoms with Crippen LogP contribution in [0.3, 0.4) is 0 Å². The second-order valence-electron chi connectivity index (χ2n) is 8.52. The summed E-state index contributed by atoms with van der Waals surface area (Å²) in [5.41, 5.74) is 6.71. The summed E-state index contributed by atoms with van der Waals surface area (Å²) in [6.45, 7) is 11.8. The fourth-order valence-corrected chi connectivity index (χ4v) is 3.93. The normalized spacial score (nSPS) is 14.0. The molecule has 0 unspecified atom stereocenters. The Balaban J connectivity index is 1.91. The summed E-state index contributed by atoms with van der Waals surface area (Å²) in [7, 11) is 0. The highest BCUT2D eigenvalue weighted by Gasteiger charge is 2.39. The first-order valence-corrected chi connectivity index (χ1v) is 11.4. The molecule has 1 aliphatic rings. The molecule has 0 atom stereocenters. The van der Waals surface area contributed by atoms with Gasteiger partial charge in [0.05, 0.1) is 5.57 Å². The van der Waals surface area contributed by atoms with E-state index in [1.54, 1.807) is 0 Å². The van der Waals surface area contributed by atoms with Crippen molar-refractivity contribution < 1.29 is 14.3 Å². The molecule has 1 N–H and O–H groups in total. The first kappa shape index (κ1) is 23.7. The number of imide groups is 1.